The number of carbonyl (C=O) groups is 2. The number of rotatable bonds is 2. The fourth-order valence-electron chi connectivity index (χ4n) is 4.51. The van der Waals surface area contributed by atoms with Crippen molar-refractivity contribution in [3.63, 3.8) is 0 Å². The summed E-state index contributed by atoms with van der Waals surface area (Å²) in [7, 11) is 0. The number of benzene rings is 2. The summed E-state index contributed by atoms with van der Waals surface area (Å²) >= 11 is 12.2. The third kappa shape index (κ3) is 2.90. The molecule has 3 aromatic rings. The Kier molecular flexibility index (Phi) is 4.46. The van der Waals surface area contributed by atoms with Gasteiger partial charge in [-0.25, -0.2) is 4.39 Å². The lowest BCUT2D eigenvalue weighted by Crippen LogP contribution is -2.52. The van der Waals surface area contributed by atoms with E-state index in [4.69, 9.17) is 27.6 Å². The molecule has 31 heavy (non-hydrogen) atoms. The first kappa shape index (κ1) is 19.8. The van der Waals surface area contributed by atoms with Crippen molar-refractivity contribution in [2.75, 3.05) is 5.32 Å². The highest BCUT2D eigenvalue weighted by molar-refractivity contribution is 6.31. The van der Waals surface area contributed by atoms with Crippen LogP contribution in [0.3, 0.4) is 0 Å². The first-order valence-electron chi connectivity index (χ1n) is 9.46. The van der Waals surface area contributed by atoms with E-state index >= 15 is 0 Å². The predicted molar refractivity (Wildman–Crippen MR) is 115 cm³/mol. The van der Waals surface area contributed by atoms with Crippen LogP contribution in [0.4, 0.5) is 10.1 Å². The minimum Gasteiger partial charge on any atom is -0.445 e. The van der Waals surface area contributed by atoms with Gasteiger partial charge in [0.25, 0.3) is 0 Å². The molecule has 0 bridgehead atoms. The fraction of sp³-hybridized carbons (Fsp3) is 0.130. The van der Waals surface area contributed by atoms with Crippen LogP contribution in [0.1, 0.15) is 28.5 Å². The second kappa shape index (κ2) is 6.97. The minimum absolute atomic E-state index is 0.116. The first-order valence-corrected chi connectivity index (χ1v) is 10.2. The summed E-state index contributed by atoms with van der Waals surface area (Å²) in [6.45, 7) is 1.80. The van der Waals surface area contributed by atoms with Crippen molar-refractivity contribution in [2.45, 2.75) is 18.4 Å². The molecule has 2 aliphatic rings. The van der Waals surface area contributed by atoms with Crippen molar-refractivity contribution < 1.29 is 18.4 Å². The van der Waals surface area contributed by atoms with Gasteiger partial charge in [-0.2, -0.15) is 0 Å². The largest absolute Gasteiger partial charge is 0.445 e. The monoisotopic (exact) mass is 456 g/mol. The summed E-state index contributed by atoms with van der Waals surface area (Å²) in [5.41, 5.74) is 1.21. The van der Waals surface area contributed by atoms with Crippen LogP contribution in [0.2, 0.25) is 10.2 Å². The minimum atomic E-state index is -1.42. The summed E-state index contributed by atoms with van der Waals surface area (Å²) in [4.78, 5) is 26.4. The van der Waals surface area contributed by atoms with Crippen LogP contribution in [0.15, 0.2) is 59.0 Å². The summed E-state index contributed by atoms with van der Waals surface area (Å²) in [5, 5.41) is 6.31. The van der Waals surface area contributed by atoms with E-state index in [-0.39, 0.29) is 11.0 Å². The van der Waals surface area contributed by atoms with E-state index in [1.165, 1.54) is 24.3 Å². The van der Waals surface area contributed by atoms with Gasteiger partial charge in [-0.05, 0) is 71.6 Å². The van der Waals surface area contributed by atoms with Gasteiger partial charge in [0.2, 0.25) is 11.8 Å². The van der Waals surface area contributed by atoms with Crippen LogP contribution in [0, 0.1) is 12.7 Å². The van der Waals surface area contributed by atoms with Crippen molar-refractivity contribution in [3.05, 3.63) is 93.1 Å². The van der Waals surface area contributed by atoms with Crippen LogP contribution in [-0.2, 0) is 15.0 Å². The average molecular weight is 457 g/mol. The molecule has 0 saturated carbocycles. The summed E-state index contributed by atoms with van der Waals surface area (Å²) in [5.74, 6) is -1.03. The maximum absolute atomic E-state index is 14.3. The Balaban J connectivity index is 1.86. The Morgan fingerprint density at radius 2 is 1.87 bits per heavy atom. The summed E-state index contributed by atoms with van der Waals surface area (Å²) in [6, 6.07) is 11.6. The van der Waals surface area contributed by atoms with E-state index in [9.17, 15) is 14.0 Å². The molecule has 2 N–H and O–H groups in total. The van der Waals surface area contributed by atoms with Gasteiger partial charge in [0.1, 0.15) is 17.0 Å². The maximum atomic E-state index is 14.3. The molecule has 1 spiro atoms. The molecule has 5 nitrogen and oxygen atoms in total. The number of halogens is 3. The first-order chi connectivity index (χ1) is 14.8. The molecule has 8 heteroatoms. The Labute approximate surface area is 186 Å². The number of hydrogen-bond acceptors (Lipinski definition) is 3. The molecule has 2 atom stereocenters. The van der Waals surface area contributed by atoms with Crippen LogP contribution in [0.5, 0.6) is 0 Å². The zero-order valence-electron chi connectivity index (χ0n) is 16.1. The molecular formula is C23H15Cl2FN2O3. The lowest BCUT2D eigenvalue weighted by atomic mass is 9.64. The Bertz CT molecular complexity index is 1300. The molecular weight excluding hydrogens is 442 g/mol. The molecule has 1 aromatic heterocycles. The van der Waals surface area contributed by atoms with Gasteiger partial charge in [-0.1, -0.05) is 23.7 Å². The van der Waals surface area contributed by atoms with Crippen molar-refractivity contribution in [2.24, 2.45) is 0 Å². The smallest absolute Gasteiger partial charge is 0.244 e. The highest BCUT2D eigenvalue weighted by atomic mass is 35.5. The van der Waals surface area contributed by atoms with E-state index < -0.39 is 29.1 Å². The second-order valence-electron chi connectivity index (χ2n) is 7.56. The third-order valence-electron chi connectivity index (χ3n) is 5.82. The molecule has 2 amide bonds. The van der Waals surface area contributed by atoms with Crippen molar-refractivity contribution in [1.29, 1.82) is 0 Å². The van der Waals surface area contributed by atoms with Crippen molar-refractivity contribution >= 4 is 46.3 Å². The van der Waals surface area contributed by atoms with E-state index in [1.807, 2.05) is 0 Å². The summed E-state index contributed by atoms with van der Waals surface area (Å²) in [6.07, 6.45) is 1.32. The number of fused-ring (bicyclic) bond motifs is 2. The van der Waals surface area contributed by atoms with Gasteiger partial charge in [-0.3, -0.25) is 9.59 Å². The van der Waals surface area contributed by atoms with E-state index in [2.05, 4.69) is 10.6 Å². The van der Waals surface area contributed by atoms with Gasteiger partial charge in [0.15, 0.2) is 5.22 Å². The highest BCUT2D eigenvalue weighted by Gasteiger charge is 2.59. The number of amides is 2. The second-order valence-corrected chi connectivity index (χ2v) is 8.37. The maximum Gasteiger partial charge on any atom is 0.244 e. The molecule has 0 aliphatic carbocycles. The Morgan fingerprint density at radius 3 is 2.61 bits per heavy atom. The quantitative estimate of drug-likeness (QED) is 0.557. The molecule has 2 aromatic carbocycles. The lowest BCUT2D eigenvalue weighted by molar-refractivity contribution is -0.122. The van der Waals surface area contributed by atoms with Gasteiger partial charge < -0.3 is 15.1 Å². The zero-order chi connectivity index (χ0) is 21.9. The molecule has 0 radical (unpaired) electrons. The Morgan fingerprint density at radius 1 is 1.06 bits per heavy atom. The fourth-order valence-corrected chi connectivity index (χ4v) is 4.83. The van der Waals surface area contributed by atoms with Gasteiger partial charge in [0.05, 0.1) is 6.04 Å². The van der Waals surface area contributed by atoms with Crippen LogP contribution in [-0.4, -0.2) is 11.8 Å². The standard InChI is InChI=1S/C23H15Cl2FN2O3/c1-11-2-4-13(26)9-14(11)21-23(15-5-3-12(24)8-17(15)27-22(23)30)16(10-20(29)28-21)18-6-7-19(25)31-18/h2-10,21H,1H3,(H,27,30)(H,28,29)/t21-,23+/m1/s1. The number of hydrogen-bond donors (Lipinski definition) is 2. The number of carbonyl (C=O) groups excluding carboxylic acids is 2. The normalized spacial score (nSPS) is 22.2. The summed E-state index contributed by atoms with van der Waals surface area (Å²) < 4.78 is 19.9. The van der Waals surface area contributed by atoms with Crippen molar-refractivity contribution in [3.8, 4) is 0 Å². The average Bonchev–Trinajstić information content (AvgIpc) is 3.27. The molecule has 156 valence electrons. The molecule has 0 fully saturated rings. The van der Waals surface area contributed by atoms with E-state index in [0.717, 1.165) is 5.56 Å². The third-order valence-corrected chi connectivity index (χ3v) is 6.26. The molecule has 2 aliphatic heterocycles. The number of furan rings is 1. The van der Waals surface area contributed by atoms with Gasteiger partial charge in [0, 0.05) is 22.4 Å². The number of anilines is 1. The van der Waals surface area contributed by atoms with Crippen molar-refractivity contribution in [1.82, 2.24) is 5.32 Å². The zero-order valence-corrected chi connectivity index (χ0v) is 17.6. The predicted octanol–water partition coefficient (Wildman–Crippen LogP) is 5.18. The molecule has 0 unspecified atom stereocenters. The van der Waals surface area contributed by atoms with Gasteiger partial charge >= 0.3 is 0 Å². The van der Waals surface area contributed by atoms with Gasteiger partial charge in [-0.15, -0.1) is 0 Å². The molecule has 0 saturated heterocycles. The SMILES string of the molecule is Cc1ccc(F)cc1[C@H]1NC(=O)C=C(c2ccc(Cl)o2)[C@]12C(=O)Nc1cc(Cl)ccc12. The number of aryl methyl sites for hydroxylation is 1. The van der Waals surface area contributed by atoms with E-state index in [1.54, 1.807) is 37.3 Å². The van der Waals surface area contributed by atoms with Crippen LogP contribution in [0.25, 0.3) is 5.57 Å². The lowest BCUT2D eigenvalue weighted by Gasteiger charge is -2.41. The number of nitrogens with one attached hydrogen (secondary N) is 2. The van der Waals surface area contributed by atoms with Crippen LogP contribution >= 0.6 is 23.2 Å². The topological polar surface area (TPSA) is 71.3 Å². The van der Waals surface area contributed by atoms with Crippen LogP contribution < -0.4 is 10.6 Å². The Hall–Kier alpha value is -3.09. The highest BCUT2D eigenvalue weighted by Crippen LogP contribution is 2.56. The molecule has 3 heterocycles. The molecule has 5 rings (SSSR count). The van der Waals surface area contributed by atoms with E-state index in [0.29, 0.717) is 27.4 Å².